The van der Waals surface area contributed by atoms with Gasteiger partial charge in [0.15, 0.2) is 0 Å². The van der Waals surface area contributed by atoms with E-state index in [0.29, 0.717) is 38.3 Å². The Labute approximate surface area is 193 Å². The molecule has 1 aliphatic carbocycles. The van der Waals surface area contributed by atoms with Crippen LogP contribution in [0.15, 0.2) is 12.4 Å². The van der Waals surface area contributed by atoms with Crippen LogP contribution >= 0.6 is 0 Å². The van der Waals surface area contributed by atoms with Gasteiger partial charge in [-0.15, -0.1) is 0 Å². The minimum absolute atomic E-state index is 0.00576. The molecule has 2 bridgehead atoms. The molecule has 10 nitrogen and oxygen atoms in total. The molecule has 1 saturated carbocycles. The highest BCUT2D eigenvalue weighted by molar-refractivity contribution is 5.81. The Balaban J connectivity index is 0.000000821. The fourth-order valence-corrected chi connectivity index (χ4v) is 5.76. The van der Waals surface area contributed by atoms with Gasteiger partial charge in [-0.1, -0.05) is 0 Å². The summed E-state index contributed by atoms with van der Waals surface area (Å²) in [5.41, 5.74) is 1.05. The number of aryl methyl sites for hydroxylation is 1. The van der Waals surface area contributed by atoms with E-state index in [-0.39, 0.29) is 48.1 Å². The lowest BCUT2D eigenvalue weighted by atomic mass is 9.72. The lowest BCUT2D eigenvalue weighted by Crippen LogP contribution is -2.67. The Hall–Kier alpha value is -2.91. The fraction of sp³-hybridized carbons (Fsp3) is 0.696. The largest absolute Gasteiger partial charge is 0.483 e. The van der Waals surface area contributed by atoms with Crippen molar-refractivity contribution in [1.82, 2.24) is 25.3 Å². The maximum Gasteiger partial charge on any atom is 0.290 e. The highest BCUT2D eigenvalue weighted by Gasteiger charge is 2.50. The summed E-state index contributed by atoms with van der Waals surface area (Å²) in [4.78, 5) is 50.5. The lowest BCUT2D eigenvalue weighted by Gasteiger charge is -2.56. The van der Waals surface area contributed by atoms with Crippen molar-refractivity contribution >= 4 is 24.2 Å². The molecule has 0 unspecified atom stereocenters. The molecule has 5 rings (SSSR count). The number of carbonyl (C=O) groups excluding carboxylic acids is 3. The number of rotatable bonds is 6. The fourth-order valence-electron chi connectivity index (χ4n) is 5.76. The predicted octanol–water partition coefficient (Wildman–Crippen LogP) is 0.797. The quantitative estimate of drug-likeness (QED) is 0.539. The molecule has 0 spiro atoms. The zero-order valence-electron chi connectivity index (χ0n) is 18.8. The number of aromatic nitrogens is 2. The second-order valence-electron chi connectivity index (χ2n) is 9.61. The van der Waals surface area contributed by atoms with E-state index in [1.165, 1.54) is 0 Å². The van der Waals surface area contributed by atoms with Gasteiger partial charge in [0.2, 0.25) is 17.7 Å². The van der Waals surface area contributed by atoms with Gasteiger partial charge in [-0.2, -0.15) is 5.10 Å². The third-order valence-corrected chi connectivity index (χ3v) is 7.47. The normalized spacial score (nSPS) is 28.3. The number of hydrogen-bond acceptors (Lipinski definition) is 5. The number of amides is 3. The van der Waals surface area contributed by atoms with Gasteiger partial charge in [0.25, 0.3) is 6.47 Å². The number of H-pyrrole nitrogens is 1. The number of likely N-dealkylation sites (tertiary alicyclic amines) is 1. The number of carbonyl (C=O) groups is 4. The molecule has 0 aromatic carbocycles. The van der Waals surface area contributed by atoms with E-state index in [2.05, 4.69) is 20.4 Å². The van der Waals surface area contributed by atoms with Crippen molar-refractivity contribution in [3.63, 3.8) is 0 Å². The summed E-state index contributed by atoms with van der Waals surface area (Å²) in [6.45, 7) is 1.70. The summed E-state index contributed by atoms with van der Waals surface area (Å²) in [5, 5.41) is 16.7. The van der Waals surface area contributed by atoms with E-state index in [0.717, 1.165) is 44.2 Å². The minimum atomic E-state index is -0.250. The molecule has 4 aliphatic rings. The van der Waals surface area contributed by atoms with Crippen LogP contribution in [0.25, 0.3) is 0 Å². The summed E-state index contributed by atoms with van der Waals surface area (Å²) in [6.07, 6.45) is 10.3. The summed E-state index contributed by atoms with van der Waals surface area (Å²) in [5.74, 6) is 1.29. The summed E-state index contributed by atoms with van der Waals surface area (Å²) >= 11 is 0. The number of aromatic amines is 1. The van der Waals surface area contributed by atoms with E-state index in [1.54, 1.807) is 6.20 Å². The molecular formula is C23H33N5O5. The monoisotopic (exact) mass is 459 g/mol. The van der Waals surface area contributed by atoms with Crippen molar-refractivity contribution in [2.45, 2.75) is 63.5 Å². The maximum absolute atomic E-state index is 13.0. The molecule has 3 saturated heterocycles. The Morgan fingerprint density at radius 3 is 2.70 bits per heavy atom. The van der Waals surface area contributed by atoms with Gasteiger partial charge in [0.1, 0.15) is 0 Å². The first kappa shape index (κ1) is 23.3. The number of hydrogen-bond donors (Lipinski definition) is 3. The zero-order valence-corrected chi connectivity index (χ0v) is 18.8. The van der Waals surface area contributed by atoms with E-state index in [4.69, 9.17) is 9.90 Å². The first-order chi connectivity index (χ1) is 16.0. The highest BCUT2D eigenvalue weighted by Crippen LogP contribution is 2.41. The van der Waals surface area contributed by atoms with Crippen LogP contribution in [0.4, 0.5) is 0 Å². The predicted molar refractivity (Wildman–Crippen MR) is 118 cm³/mol. The van der Waals surface area contributed by atoms with Gasteiger partial charge in [-0.3, -0.25) is 24.3 Å². The topological polar surface area (TPSA) is 136 Å². The molecule has 1 aromatic rings. The summed E-state index contributed by atoms with van der Waals surface area (Å²) in [6, 6.07) is 0.209. The van der Waals surface area contributed by atoms with Crippen molar-refractivity contribution < 1.29 is 24.3 Å². The number of carboxylic acid groups (broad SMARTS) is 1. The smallest absolute Gasteiger partial charge is 0.290 e. The van der Waals surface area contributed by atoms with Crippen LogP contribution in [0.2, 0.25) is 0 Å². The standard InChI is InChI=1S/C22H31N5O3.CH2O2/c28-20(7-4-14-9-24-25-10-14)26-12-16-8-17(13-26)19(11-23-22(30)15-5-6-15)27-18(16)2-1-3-21(27)29;2-1-3/h9-10,15-19H,1-8,11-13H2,(H,23,30)(H,24,25);1H,(H,2,3)/t16-,17+,18+,19+;/m1./s1. The maximum atomic E-state index is 13.0. The zero-order chi connectivity index (χ0) is 23.4. The van der Waals surface area contributed by atoms with Gasteiger partial charge in [-0.25, -0.2) is 0 Å². The van der Waals surface area contributed by atoms with Crippen molar-refractivity contribution in [2.24, 2.45) is 17.8 Å². The Morgan fingerprint density at radius 1 is 1.24 bits per heavy atom. The van der Waals surface area contributed by atoms with Crippen LogP contribution in [0, 0.1) is 17.8 Å². The Morgan fingerprint density at radius 2 is 2.00 bits per heavy atom. The molecule has 10 heteroatoms. The molecule has 3 aliphatic heterocycles. The third kappa shape index (κ3) is 5.36. The summed E-state index contributed by atoms with van der Waals surface area (Å²) < 4.78 is 0. The average molecular weight is 460 g/mol. The van der Waals surface area contributed by atoms with Gasteiger partial charge >= 0.3 is 0 Å². The molecule has 33 heavy (non-hydrogen) atoms. The van der Waals surface area contributed by atoms with E-state index in [9.17, 15) is 14.4 Å². The van der Waals surface area contributed by atoms with Crippen LogP contribution in [0.3, 0.4) is 0 Å². The number of piperidine rings is 3. The van der Waals surface area contributed by atoms with Crippen LogP contribution in [0.1, 0.15) is 50.5 Å². The van der Waals surface area contributed by atoms with Crippen LogP contribution in [-0.2, 0) is 25.6 Å². The summed E-state index contributed by atoms with van der Waals surface area (Å²) in [7, 11) is 0. The molecule has 180 valence electrons. The molecular weight excluding hydrogens is 426 g/mol. The van der Waals surface area contributed by atoms with Gasteiger partial charge in [-0.05, 0) is 55.9 Å². The van der Waals surface area contributed by atoms with Gasteiger partial charge in [0, 0.05) is 50.6 Å². The first-order valence-electron chi connectivity index (χ1n) is 11.9. The molecule has 1 aromatic heterocycles. The average Bonchev–Trinajstić information content (AvgIpc) is 3.54. The molecule has 4 fully saturated rings. The number of nitrogens with one attached hydrogen (secondary N) is 2. The van der Waals surface area contributed by atoms with Crippen LogP contribution < -0.4 is 5.32 Å². The first-order valence-corrected chi connectivity index (χ1v) is 11.9. The molecule has 0 radical (unpaired) electrons. The van der Waals surface area contributed by atoms with E-state index >= 15 is 0 Å². The SMILES string of the molecule is O=C(NC[C@H]1[C@H]2C[C@H](CN(C(=O)CCc3cn[nH]c3)C2)[C@@H]2CCCC(=O)N21)C1CC1.O=CO. The Bertz CT molecular complexity index is 855. The third-order valence-electron chi connectivity index (χ3n) is 7.47. The second-order valence-corrected chi connectivity index (χ2v) is 9.61. The van der Waals surface area contributed by atoms with Crippen LogP contribution in [-0.4, -0.2) is 81.0 Å². The van der Waals surface area contributed by atoms with E-state index in [1.807, 2.05) is 11.1 Å². The molecule has 3 amide bonds. The highest BCUT2D eigenvalue weighted by atomic mass is 16.3. The molecule has 4 atom stereocenters. The molecule has 3 N–H and O–H groups in total. The van der Waals surface area contributed by atoms with Crippen molar-refractivity contribution in [3.05, 3.63) is 18.0 Å². The van der Waals surface area contributed by atoms with Gasteiger partial charge in [0.05, 0.1) is 12.2 Å². The second kappa shape index (κ2) is 10.4. The molecule has 4 heterocycles. The van der Waals surface area contributed by atoms with Gasteiger partial charge < -0.3 is 20.2 Å². The van der Waals surface area contributed by atoms with Crippen molar-refractivity contribution in [3.8, 4) is 0 Å². The van der Waals surface area contributed by atoms with Crippen molar-refractivity contribution in [2.75, 3.05) is 19.6 Å². The Kier molecular flexibility index (Phi) is 7.29. The van der Waals surface area contributed by atoms with Crippen molar-refractivity contribution in [1.29, 1.82) is 0 Å². The van der Waals surface area contributed by atoms with Crippen LogP contribution in [0.5, 0.6) is 0 Å². The minimum Gasteiger partial charge on any atom is -0.483 e. The number of nitrogens with zero attached hydrogens (tertiary/aromatic N) is 3. The number of fused-ring (bicyclic) bond motifs is 4. The van der Waals surface area contributed by atoms with E-state index < -0.39 is 0 Å². The lowest BCUT2D eigenvalue weighted by molar-refractivity contribution is -0.156.